The lowest BCUT2D eigenvalue weighted by molar-refractivity contribution is -0.141. The molecule has 0 unspecified atom stereocenters. The Morgan fingerprint density at radius 1 is 1.00 bits per heavy atom. The topological polar surface area (TPSA) is 46.6 Å². The van der Waals surface area contributed by atoms with E-state index in [2.05, 4.69) is 0 Å². The predicted octanol–water partition coefficient (Wildman–Crippen LogP) is 6.15. The summed E-state index contributed by atoms with van der Waals surface area (Å²) in [6.45, 7) is 1.72. The summed E-state index contributed by atoms with van der Waals surface area (Å²) < 4.78 is 32.7. The number of nitrogens with zero attached hydrogens (tertiary/aromatic N) is 1. The number of benzene rings is 3. The zero-order valence-corrected chi connectivity index (χ0v) is 19.2. The van der Waals surface area contributed by atoms with E-state index in [1.165, 1.54) is 11.0 Å². The number of hydrogen-bond acceptors (Lipinski definition) is 3. The molecule has 1 heterocycles. The highest BCUT2D eigenvalue weighted by Gasteiger charge is 2.37. The van der Waals surface area contributed by atoms with E-state index < -0.39 is 23.5 Å². The Morgan fingerprint density at radius 3 is 2.41 bits per heavy atom. The molecule has 1 aliphatic heterocycles. The lowest BCUT2D eigenvalue weighted by atomic mass is 9.83. The van der Waals surface area contributed by atoms with E-state index in [-0.39, 0.29) is 25.5 Å². The first kappa shape index (κ1) is 23.6. The van der Waals surface area contributed by atoms with Gasteiger partial charge in [0.1, 0.15) is 6.61 Å². The Bertz CT molecular complexity index is 1260. The summed E-state index contributed by atoms with van der Waals surface area (Å²) in [4.78, 5) is 27.8. The van der Waals surface area contributed by atoms with Gasteiger partial charge in [-0.15, -0.1) is 0 Å². The Balaban J connectivity index is 1.70. The van der Waals surface area contributed by atoms with Gasteiger partial charge in [-0.3, -0.25) is 4.79 Å². The number of halogens is 3. The zero-order chi connectivity index (χ0) is 24.2. The second kappa shape index (κ2) is 10.2. The molecule has 4 nitrogen and oxygen atoms in total. The minimum absolute atomic E-state index is 0.00737. The first-order valence-corrected chi connectivity index (χ1v) is 11.1. The smallest absolute Gasteiger partial charge is 0.336 e. The van der Waals surface area contributed by atoms with Crippen LogP contribution >= 0.6 is 11.6 Å². The fourth-order valence-electron chi connectivity index (χ4n) is 4.11. The van der Waals surface area contributed by atoms with Gasteiger partial charge in [0, 0.05) is 23.1 Å². The molecule has 1 aliphatic rings. The quantitative estimate of drug-likeness (QED) is 0.397. The first-order valence-electron chi connectivity index (χ1n) is 10.8. The standard InChI is InChI=1S/C27H22ClF2NO3/c1-17-26(27(33)34-16-18-7-3-2-4-8-18)21(20-9-5-6-10-22(20)28)14-25(32)31(17)15-19-11-12-23(29)24(30)13-19/h2-13,21H,14-16H2,1H3/t21-/m0/s1. The van der Waals surface area contributed by atoms with Crippen LogP contribution in [-0.2, 0) is 27.5 Å². The van der Waals surface area contributed by atoms with Crippen molar-refractivity contribution in [3.8, 4) is 0 Å². The van der Waals surface area contributed by atoms with Crippen LogP contribution in [0.3, 0.4) is 0 Å². The average Bonchev–Trinajstić information content (AvgIpc) is 2.83. The van der Waals surface area contributed by atoms with Gasteiger partial charge in [0.25, 0.3) is 0 Å². The van der Waals surface area contributed by atoms with Gasteiger partial charge in [-0.05, 0) is 41.8 Å². The molecule has 0 spiro atoms. The maximum Gasteiger partial charge on any atom is 0.336 e. The number of carbonyl (C=O) groups excluding carboxylic acids is 2. The van der Waals surface area contributed by atoms with Crippen LogP contribution in [0.1, 0.15) is 36.0 Å². The molecule has 0 saturated heterocycles. The van der Waals surface area contributed by atoms with Crippen molar-refractivity contribution in [1.29, 1.82) is 0 Å². The molecule has 1 atom stereocenters. The lowest BCUT2D eigenvalue weighted by Crippen LogP contribution is -2.38. The molecule has 0 N–H and O–H groups in total. The number of esters is 1. The van der Waals surface area contributed by atoms with Crippen LogP contribution in [0.4, 0.5) is 8.78 Å². The van der Waals surface area contributed by atoms with E-state index in [1.54, 1.807) is 31.2 Å². The van der Waals surface area contributed by atoms with Crippen molar-refractivity contribution >= 4 is 23.5 Å². The highest BCUT2D eigenvalue weighted by atomic mass is 35.5. The fraction of sp³-hybridized carbons (Fsp3) is 0.185. The van der Waals surface area contributed by atoms with Crippen molar-refractivity contribution in [3.63, 3.8) is 0 Å². The average molecular weight is 482 g/mol. The van der Waals surface area contributed by atoms with Crippen LogP contribution in [0.15, 0.2) is 84.1 Å². The molecule has 0 radical (unpaired) electrons. The number of rotatable bonds is 6. The van der Waals surface area contributed by atoms with Gasteiger partial charge in [0.15, 0.2) is 11.6 Å². The van der Waals surface area contributed by atoms with E-state index in [9.17, 15) is 18.4 Å². The van der Waals surface area contributed by atoms with Gasteiger partial charge in [-0.25, -0.2) is 13.6 Å². The van der Waals surface area contributed by atoms with Crippen molar-refractivity contribution < 1.29 is 23.1 Å². The lowest BCUT2D eigenvalue weighted by Gasteiger charge is -2.35. The van der Waals surface area contributed by atoms with E-state index >= 15 is 0 Å². The number of hydrogen-bond donors (Lipinski definition) is 0. The third-order valence-electron chi connectivity index (χ3n) is 5.86. The summed E-state index contributed by atoms with van der Waals surface area (Å²) >= 11 is 6.42. The first-order chi connectivity index (χ1) is 16.3. The molecule has 0 aliphatic carbocycles. The van der Waals surface area contributed by atoms with Crippen molar-refractivity contribution in [1.82, 2.24) is 4.90 Å². The molecule has 4 rings (SSSR count). The second-order valence-corrected chi connectivity index (χ2v) is 8.47. The minimum atomic E-state index is -1.000. The van der Waals surface area contributed by atoms with Gasteiger partial charge in [-0.1, -0.05) is 66.2 Å². The summed E-state index contributed by atoms with van der Waals surface area (Å²) in [5.74, 6) is -3.38. The van der Waals surface area contributed by atoms with Crippen molar-refractivity contribution in [2.75, 3.05) is 0 Å². The Hall–Kier alpha value is -3.51. The van der Waals surface area contributed by atoms with Crippen molar-refractivity contribution in [2.45, 2.75) is 32.4 Å². The predicted molar refractivity (Wildman–Crippen MR) is 125 cm³/mol. The van der Waals surface area contributed by atoms with Crippen LogP contribution in [0.2, 0.25) is 5.02 Å². The number of amides is 1. The minimum Gasteiger partial charge on any atom is -0.457 e. The molecule has 3 aromatic carbocycles. The van der Waals surface area contributed by atoms with Crippen molar-refractivity contribution in [3.05, 3.63) is 117 Å². The van der Waals surface area contributed by atoms with Crippen LogP contribution in [-0.4, -0.2) is 16.8 Å². The van der Waals surface area contributed by atoms with Gasteiger partial charge >= 0.3 is 5.97 Å². The van der Waals surface area contributed by atoms with Crippen LogP contribution in [0.5, 0.6) is 0 Å². The zero-order valence-electron chi connectivity index (χ0n) is 18.4. The normalized spacial score (nSPS) is 16.1. The highest BCUT2D eigenvalue weighted by molar-refractivity contribution is 6.31. The number of allylic oxidation sites excluding steroid dienone is 1. The summed E-state index contributed by atoms with van der Waals surface area (Å²) in [7, 11) is 0. The second-order valence-electron chi connectivity index (χ2n) is 8.07. The summed E-state index contributed by atoms with van der Waals surface area (Å²) in [5.41, 5.74) is 2.58. The molecular weight excluding hydrogens is 460 g/mol. The molecule has 1 amide bonds. The van der Waals surface area contributed by atoms with E-state index in [0.29, 0.717) is 27.4 Å². The third kappa shape index (κ3) is 5.02. The fourth-order valence-corrected chi connectivity index (χ4v) is 4.38. The van der Waals surface area contributed by atoms with Gasteiger partial charge in [0.05, 0.1) is 12.1 Å². The Morgan fingerprint density at radius 2 is 1.71 bits per heavy atom. The van der Waals surface area contributed by atoms with Crippen molar-refractivity contribution in [2.24, 2.45) is 0 Å². The third-order valence-corrected chi connectivity index (χ3v) is 6.21. The van der Waals surface area contributed by atoms with E-state index in [4.69, 9.17) is 16.3 Å². The molecular formula is C27H22ClF2NO3. The van der Waals surface area contributed by atoms with Gasteiger partial charge in [-0.2, -0.15) is 0 Å². The maximum atomic E-state index is 13.7. The Labute approximate surface area is 201 Å². The van der Waals surface area contributed by atoms with Gasteiger partial charge < -0.3 is 9.64 Å². The highest BCUT2D eigenvalue weighted by Crippen LogP contribution is 2.40. The molecule has 0 aromatic heterocycles. The van der Waals surface area contributed by atoms with E-state index in [1.807, 2.05) is 30.3 Å². The SMILES string of the molecule is CC1=C(C(=O)OCc2ccccc2)[C@H](c2ccccc2Cl)CC(=O)N1Cc1ccc(F)c(F)c1. The Kier molecular flexibility index (Phi) is 7.08. The number of carbonyl (C=O) groups is 2. The molecule has 0 fully saturated rings. The van der Waals surface area contributed by atoms with Crippen LogP contribution in [0.25, 0.3) is 0 Å². The molecule has 7 heteroatoms. The molecule has 0 saturated carbocycles. The number of ether oxygens (including phenoxy) is 1. The molecule has 3 aromatic rings. The summed E-state index contributed by atoms with van der Waals surface area (Å²) in [5, 5.41) is 0.440. The maximum absolute atomic E-state index is 13.7. The monoisotopic (exact) mass is 481 g/mol. The van der Waals surface area contributed by atoms with Crippen LogP contribution < -0.4 is 0 Å². The van der Waals surface area contributed by atoms with E-state index in [0.717, 1.165) is 17.7 Å². The summed E-state index contributed by atoms with van der Waals surface area (Å²) in [6.07, 6.45) is -0.0134. The molecule has 174 valence electrons. The summed E-state index contributed by atoms with van der Waals surface area (Å²) in [6, 6.07) is 19.8. The molecule has 34 heavy (non-hydrogen) atoms. The molecule has 0 bridgehead atoms. The largest absolute Gasteiger partial charge is 0.457 e. The van der Waals surface area contributed by atoms with Crippen LogP contribution in [0, 0.1) is 11.6 Å². The van der Waals surface area contributed by atoms with Gasteiger partial charge in [0.2, 0.25) is 5.91 Å².